The summed E-state index contributed by atoms with van der Waals surface area (Å²) in [5, 5.41) is 29.2. The van der Waals surface area contributed by atoms with Crippen LogP contribution < -0.4 is 0 Å². The predicted octanol–water partition coefficient (Wildman–Crippen LogP) is 5.55. The van der Waals surface area contributed by atoms with Gasteiger partial charge in [0.05, 0.1) is 27.7 Å². The molecule has 1 heterocycles. The monoisotopic (exact) mass is 451 g/mol. The molecule has 34 heavy (non-hydrogen) atoms. The number of rotatable bonds is 5. The van der Waals surface area contributed by atoms with Crippen LogP contribution in [0.1, 0.15) is 31.1 Å². The first-order valence-electron chi connectivity index (χ1n) is 10.3. The van der Waals surface area contributed by atoms with Gasteiger partial charge in [0.1, 0.15) is 0 Å². The fraction of sp³-hybridized carbons (Fsp3) is 0. The van der Waals surface area contributed by atoms with Gasteiger partial charge in [0.25, 0.3) is 0 Å². The Hall–Kier alpha value is -4.91. The minimum Gasteiger partial charge on any atom is -0.478 e. The molecule has 7 nitrogen and oxygen atoms in total. The van der Waals surface area contributed by atoms with Crippen LogP contribution in [0.4, 0.5) is 0 Å². The standard InChI is InChI=1S/C27H17NO6/c29-25(30)17-3-1-15(2-4-17)16-5-9-20(10-6-16)28-23-11-7-18(26(31)32)13-21(23)22-14-19(27(33)34)8-12-24(22)28/h1-14H,(H,29,30)(H,31,32)(H,33,34). The summed E-state index contributed by atoms with van der Waals surface area (Å²) in [5.41, 5.74) is 4.55. The van der Waals surface area contributed by atoms with Crippen LogP contribution in [0.3, 0.4) is 0 Å². The number of fused-ring (bicyclic) bond motifs is 3. The van der Waals surface area contributed by atoms with Gasteiger partial charge in [-0.1, -0.05) is 24.3 Å². The topological polar surface area (TPSA) is 117 Å². The molecule has 1 aromatic heterocycles. The van der Waals surface area contributed by atoms with E-state index in [0.717, 1.165) is 27.8 Å². The molecular formula is C27H17NO6. The van der Waals surface area contributed by atoms with Gasteiger partial charge in [0, 0.05) is 16.5 Å². The smallest absolute Gasteiger partial charge is 0.335 e. The first kappa shape index (κ1) is 21.0. The second-order valence-corrected chi connectivity index (χ2v) is 7.84. The predicted molar refractivity (Wildman–Crippen MR) is 127 cm³/mol. The van der Waals surface area contributed by atoms with Crippen molar-refractivity contribution in [1.29, 1.82) is 0 Å². The Balaban J connectivity index is 1.67. The van der Waals surface area contributed by atoms with E-state index in [1.165, 1.54) is 12.1 Å². The molecule has 0 aliphatic rings. The second-order valence-electron chi connectivity index (χ2n) is 7.84. The largest absolute Gasteiger partial charge is 0.478 e. The van der Waals surface area contributed by atoms with Crippen molar-refractivity contribution < 1.29 is 29.7 Å². The first-order chi connectivity index (χ1) is 16.3. The average molecular weight is 451 g/mol. The Morgan fingerprint density at radius 1 is 0.500 bits per heavy atom. The number of nitrogens with zero attached hydrogens (tertiary/aromatic N) is 1. The molecule has 0 aliphatic carbocycles. The van der Waals surface area contributed by atoms with Crippen LogP contribution in [0, 0.1) is 0 Å². The first-order valence-corrected chi connectivity index (χ1v) is 10.3. The van der Waals surface area contributed by atoms with Crippen molar-refractivity contribution >= 4 is 39.7 Å². The van der Waals surface area contributed by atoms with Gasteiger partial charge in [-0.05, 0) is 71.8 Å². The van der Waals surface area contributed by atoms with Crippen molar-refractivity contribution in [2.75, 3.05) is 0 Å². The highest BCUT2D eigenvalue weighted by molar-refractivity contribution is 6.12. The fourth-order valence-electron chi connectivity index (χ4n) is 4.18. The van der Waals surface area contributed by atoms with Crippen molar-refractivity contribution in [2.24, 2.45) is 0 Å². The Morgan fingerprint density at radius 3 is 1.29 bits per heavy atom. The molecule has 5 aromatic rings. The van der Waals surface area contributed by atoms with E-state index in [0.29, 0.717) is 10.8 Å². The number of carboxylic acid groups (broad SMARTS) is 3. The van der Waals surface area contributed by atoms with Crippen molar-refractivity contribution in [1.82, 2.24) is 4.57 Å². The van der Waals surface area contributed by atoms with E-state index in [9.17, 15) is 24.6 Å². The Labute approximate surface area is 192 Å². The van der Waals surface area contributed by atoms with Gasteiger partial charge < -0.3 is 19.9 Å². The fourth-order valence-corrected chi connectivity index (χ4v) is 4.18. The molecule has 0 fully saturated rings. The summed E-state index contributed by atoms with van der Waals surface area (Å²) in [6.45, 7) is 0. The van der Waals surface area contributed by atoms with E-state index >= 15 is 0 Å². The Morgan fingerprint density at radius 2 is 0.882 bits per heavy atom. The molecule has 0 saturated heterocycles. The van der Waals surface area contributed by atoms with Crippen molar-refractivity contribution in [3.63, 3.8) is 0 Å². The normalized spacial score (nSPS) is 11.1. The highest BCUT2D eigenvalue weighted by Gasteiger charge is 2.16. The molecule has 0 radical (unpaired) electrons. The maximum atomic E-state index is 11.5. The van der Waals surface area contributed by atoms with E-state index in [-0.39, 0.29) is 16.7 Å². The molecule has 7 heteroatoms. The molecule has 3 N–H and O–H groups in total. The van der Waals surface area contributed by atoms with Gasteiger partial charge in [-0.25, -0.2) is 14.4 Å². The Bertz CT molecular complexity index is 1540. The summed E-state index contributed by atoms with van der Waals surface area (Å²) < 4.78 is 1.96. The highest BCUT2D eigenvalue weighted by Crippen LogP contribution is 2.34. The number of hydrogen-bond acceptors (Lipinski definition) is 3. The van der Waals surface area contributed by atoms with Crippen LogP contribution in [-0.2, 0) is 0 Å². The molecule has 5 rings (SSSR count). The number of aromatic carboxylic acids is 3. The third-order valence-electron chi connectivity index (χ3n) is 5.85. The molecule has 0 aliphatic heterocycles. The summed E-state index contributed by atoms with van der Waals surface area (Å²) in [4.78, 5) is 34.1. The number of aromatic nitrogens is 1. The molecule has 0 spiro atoms. The van der Waals surface area contributed by atoms with E-state index in [2.05, 4.69) is 0 Å². The van der Waals surface area contributed by atoms with Crippen LogP contribution in [-0.4, -0.2) is 37.8 Å². The van der Waals surface area contributed by atoms with Gasteiger partial charge >= 0.3 is 17.9 Å². The molecule has 0 atom stereocenters. The Kier molecular flexibility index (Phi) is 4.87. The summed E-state index contributed by atoms with van der Waals surface area (Å²) in [6.07, 6.45) is 0. The molecule has 0 bridgehead atoms. The van der Waals surface area contributed by atoms with Crippen LogP contribution in [0.15, 0.2) is 84.9 Å². The van der Waals surface area contributed by atoms with Gasteiger partial charge in [-0.3, -0.25) is 0 Å². The van der Waals surface area contributed by atoms with Gasteiger partial charge in [-0.2, -0.15) is 0 Å². The number of carbonyl (C=O) groups is 3. The van der Waals surface area contributed by atoms with Crippen LogP contribution in [0.25, 0.3) is 38.6 Å². The SMILES string of the molecule is O=C(O)c1ccc(-c2ccc(-n3c4ccc(C(=O)O)cc4c4cc(C(=O)O)ccc43)cc2)cc1. The van der Waals surface area contributed by atoms with Crippen molar-refractivity contribution in [3.8, 4) is 16.8 Å². The van der Waals surface area contributed by atoms with Crippen LogP contribution >= 0.6 is 0 Å². The zero-order valence-electron chi connectivity index (χ0n) is 17.6. The molecule has 0 saturated carbocycles. The average Bonchev–Trinajstić information content (AvgIpc) is 3.17. The molecule has 0 amide bonds. The number of hydrogen-bond donors (Lipinski definition) is 3. The lowest BCUT2D eigenvalue weighted by molar-refractivity contribution is 0.0686. The van der Waals surface area contributed by atoms with E-state index in [1.807, 2.05) is 28.8 Å². The van der Waals surface area contributed by atoms with Crippen LogP contribution in [0.2, 0.25) is 0 Å². The van der Waals surface area contributed by atoms with E-state index < -0.39 is 17.9 Å². The maximum Gasteiger partial charge on any atom is 0.335 e. The summed E-state index contributed by atoms with van der Waals surface area (Å²) in [5.74, 6) is -3.10. The van der Waals surface area contributed by atoms with Crippen molar-refractivity contribution in [2.45, 2.75) is 0 Å². The molecule has 166 valence electrons. The lowest BCUT2D eigenvalue weighted by atomic mass is 10.0. The van der Waals surface area contributed by atoms with Gasteiger partial charge in [-0.15, -0.1) is 0 Å². The summed E-state index contributed by atoms with van der Waals surface area (Å²) in [7, 11) is 0. The molecule has 0 unspecified atom stereocenters. The summed E-state index contributed by atoms with van der Waals surface area (Å²) in [6, 6.07) is 23.9. The van der Waals surface area contributed by atoms with Gasteiger partial charge in [0.2, 0.25) is 0 Å². The van der Waals surface area contributed by atoms with E-state index in [1.54, 1.807) is 48.5 Å². The third kappa shape index (κ3) is 3.45. The number of benzene rings is 4. The minimum atomic E-state index is -1.06. The molecule has 4 aromatic carbocycles. The van der Waals surface area contributed by atoms with E-state index in [4.69, 9.17) is 5.11 Å². The minimum absolute atomic E-state index is 0.118. The molecular weight excluding hydrogens is 434 g/mol. The number of carboxylic acids is 3. The third-order valence-corrected chi connectivity index (χ3v) is 5.85. The zero-order valence-corrected chi connectivity index (χ0v) is 17.6. The summed E-state index contributed by atoms with van der Waals surface area (Å²) >= 11 is 0. The van der Waals surface area contributed by atoms with Gasteiger partial charge in [0.15, 0.2) is 0 Å². The lowest BCUT2D eigenvalue weighted by Gasteiger charge is -2.10. The zero-order chi connectivity index (χ0) is 24.0. The van der Waals surface area contributed by atoms with Crippen LogP contribution in [0.5, 0.6) is 0 Å². The highest BCUT2D eigenvalue weighted by atomic mass is 16.4. The maximum absolute atomic E-state index is 11.5. The quantitative estimate of drug-likeness (QED) is 0.323. The lowest BCUT2D eigenvalue weighted by Crippen LogP contribution is -1.97. The second kappa shape index (κ2) is 7.90. The van der Waals surface area contributed by atoms with Crippen molar-refractivity contribution in [3.05, 3.63) is 102 Å².